The van der Waals surface area contributed by atoms with Gasteiger partial charge in [-0.1, -0.05) is 54.3 Å². The van der Waals surface area contributed by atoms with Crippen LogP contribution in [0.5, 0.6) is 0 Å². The number of aryl methyl sites for hydroxylation is 1. The van der Waals surface area contributed by atoms with Crippen LogP contribution in [0.2, 0.25) is 0 Å². The average Bonchev–Trinajstić information content (AvgIpc) is 2.62. The van der Waals surface area contributed by atoms with E-state index in [1.165, 1.54) is 12.0 Å². The van der Waals surface area contributed by atoms with Gasteiger partial charge in [0, 0.05) is 12.3 Å². The smallest absolute Gasteiger partial charge is 0.136 e. The molecule has 1 aliphatic heterocycles. The van der Waals surface area contributed by atoms with E-state index < -0.39 is 0 Å². The fraction of sp³-hybridized carbons (Fsp3) is 0.417. The van der Waals surface area contributed by atoms with E-state index in [0.717, 1.165) is 23.0 Å². The largest absolute Gasteiger partial charge is 0.350 e. The Morgan fingerprint density at radius 3 is 2.75 bits per heavy atom. The maximum absolute atomic E-state index is 5.32. The summed E-state index contributed by atoms with van der Waals surface area (Å²) in [7, 11) is 2.88. The monoisotopic (exact) mass is 269 g/mol. The van der Waals surface area contributed by atoms with Crippen molar-refractivity contribution in [3.05, 3.63) is 35.9 Å². The Balaban J connectivity index is 1.78. The maximum atomic E-state index is 5.32. The van der Waals surface area contributed by atoms with E-state index in [-0.39, 0.29) is 0 Å². The van der Waals surface area contributed by atoms with E-state index in [0.29, 0.717) is 5.78 Å². The Hall–Kier alpha value is -0.110. The average molecular weight is 269 g/mol. The second-order valence-corrected chi connectivity index (χ2v) is 6.35. The number of hydrogen-bond acceptors (Lipinski definition) is 2. The lowest BCUT2D eigenvalue weighted by molar-refractivity contribution is 0.429. The molecular weight excluding hydrogens is 253 g/mol. The Morgan fingerprint density at radius 2 is 2.12 bits per heavy atom. The van der Waals surface area contributed by atoms with Crippen LogP contribution >= 0.6 is 33.2 Å². The van der Waals surface area contributed by atoms with Crippen molar-refractivity contribution >= 4 is 37.5 Å². The van der Waals surface area contributed by atoms with Crippen molar-refractivity contribution in [3.63, 3.8) is 0 Å². The first kappa shape index (κ1) is 12.3. The molecule has 0 aliphatic carbocycles. The summed E-state index contributed by atoms with van der Waals surface area (Å²) < 4.78 is 1.06. The van der Waals surface area contributed by atoms with Crippen molar-refractivity contribution in [2.75, 3.05) is 12.3 Å². The molecule has 1 fully saturated rings. The first-order chi connectivity index (χ1) is 7.77. The zero-order valence-corrected chi connectivity index (χ0v) is 11.9. The number of rotatable bonds is 4. The highest BCUT2D eigenvalue weighted by Gasteiger charge is 2.24. The van der Waals surface area contributed by atoms with Gasteiger partial charge in [-0.25, -0.2) is 0 Å². The minimum Gasteiger partial charge on any atom is -0.350 e. The van der Waals surface area contributed by atoms with Crippen molar-refractivity contribution in [3.8, 4) is 0 Å². The summed E-state index contributed by atoms with van der Waals surface area (Å²) in [6.45, 7) is 1.08. The lowest BCUT2D eigenvalue weighted by atomic mass is 10.1. The molecule has 2 unspecified atom stereocenters. The quantitative estimate of drug-likeness (QED) is 0.610. The predicted octanol–water partition coefficient (Wildman–Crippen LogP) is 3.15. The molecule has 0 amide bonds. The molecule has 1 aromatic rings. The van der Waals surface area contributed by atoms with Crippen LogP contribution in [0.4, 0.5) is 0 Å². The highest BCUT2D eigenvalue weighted by atomic mass is 32.2. The third kappa shape index (κ3) is 3.19. The molecule has 16 heavy (non-hydrogen) atoms. The first-order valence-electron chi connectivity index (χ1n) is 5.50. The number of thiocarbonyl (C=S) groups is 1. The van der Waals surface area contributed by atoms with Gasteiger partial charge in [0.15, 0.2) is 0 Å². The van der Waals surface area contributed by atoms with Gasteiger partial charge in [0.25, 0.3) is 0 Å². The van der Waals surface area contributed by atoms with Crippen LogP contribution in [0.3, 0.4) is 0 Å². The number of benzene rings is 1. The molecule has 1 aromatic carbocycles. The topological polar surface area (TPSA) is 3.24 Å². The molecule has 1 nitrogen and oxygen atoms in total. The second-order valence-electron chi connectivity index (χ2n) is 3.93. The summed E-state index contributed by atoms with van der Waals surface area (Å²) in [5.41, 5.74) is 1.42. The molecule has 0 radical (unpaired) electrons. The Bertz CT molecular complexity index is 355. The van der Waals surface area contributed by atoms with Crippen LogP contribution in [0.25, 0.3) is 0 Å². The summed E-state index contributed by atoms with van der Waals surface area (Å²) in [4.78, 5) is 2.33. The van der Waals surface area contributed by atoms with Gasteiger partial charge in [0.2, 0.25) is 0 Å². The summed E-state index contributed by atoms with van der Waals surface area (Å²) >= 11 is 7.12. The first-order valence-corrected chi connectivity index (χ1v) is 7.56. The lowest BCUT2D eigenvalue weighted by Gasteiger charge is -2.22. The van der Waals surface area contributed by atoms with Crippen molar-refractivity contribution in [1.82, 2.24) is 4.90 Å². The van der Waals surface area contributed by atoms with E-state index in [9.17, 15) is 0 Å². The van der Waals surface area contributed by atoms with Crippen LogP contribution in [0.15, 0.2) is 30.3 Å². The molecule has 4 heteroatoms. The van der Waals surface area contributed by atoms with Crippen LogP contribution in [0, 0.1) is 0 Å². The van der Waals surface area contributed by atoms with E-state index in [4.69, 9.17) is 12.2 Å². The van der Waals surface area contributed by atoms with Crippen LogP contribution in [-0.4, -0.2) is 27.3 Å². The molecule has 0 N–H and O–H groups in total. The van der Waals surface area contributed by atoms with Gasteiger partial charge in [-0.2, -0.15) is 0 Å². The molecule has 2 rings (SSSR count). The van der Waals surface area contributed by atoms with Gasteiger partial charge in [0.1, 0.15) is 4.32 Å². The van der Waals surface area contributed by atoms with Crippen LogP contribution < -0.4 is 0 Å². The Morgan fingerprint density at radius 1 is 1.38 bits per heavy atom. The van der Waals surface area contributed by atoms with Crippen molar-refractivity contribution in [2.24, 2.45) is 0 Å². The summed E-state index contributed by atoms with van der Waals surface area (Å²) in [5, 5.41) is 0. The molecule has 0 saturated carbocycles. The zero-order chi connectivity index (χ0) is 11.4. The van der Waals surface area contributed by atoms with Crippen molar-refractivity contribution in [1.29, 1.82) is 0 Å². The van der Waals surface area contributed by atoms with E-state index in [1.54, 1.807) is 11.8 Å². The summed E-state index contributed by atoms with van der Waals surface area (Å²) in [6.07, 6.45) is 2.32. The van der Waals surface area contributed by atoms with E-state index >= 15 is 0 Å². The molecule has 86 valence electrons. The van der Waals surface area contributed by atoms with E-state index in [2.05, 4.69) is 44.5 Å². The maximum Gasteiger partial charge on any atom is 0.136 e. The SMILES string of the molecule is PC1CSC(=S)N1CCCc1ccccc1. The third-order valence-electron chi connectivity index (χ3n) is 2.72. The standard InChI is InChI=1S/C12H16NPS2/c14-11-9-16-12(15)13(11)8-4-7-10-5-2-1-3-6-10/h1-3,5-6,11H,4,7-9,14H2. The molecule has 0 aromatic heterocycles. The number of nitrogens with zero attached hydrogens (tertiary/aromatic N) is 1. The van der Waals surface area contributed by atoms with Crippen LogP contribution in [0.1, 0.15) is 12.0 Å². The molecule has 1 saturated heterocycles. The fourth-order valence-electron chi connectivity index (χ4n) is 1.82. The normalized spacial score (nSPS) is 20.4. The molecular formula is C12H16NPS2. The van der Waals surface area contributed by atoms with Gasteiger partial charge in [-0.05, 0) is 18.4 Å². The van der Waals surface area contributed by atoms with Crippen LogP contribution in [-0.2, 0) is 6.42 Å². The minimum absolute atomic E-state index is 0.535. The number of hydrogen-bond donors (Lipinski definition) is 0. The van der Waals surface area contributed by atoms with Gasteiger partial charge in [0.05, 0.1) is 5.78 Å². The second kappa shape index (κ2) is 6.00. The fourth-order valence-corrected chi connectivity index (χ4v) is 3.94. The van der Waals surface area contributed by atoms with Crippen molar-refractivity contribution < 1.29 is 0 Å². The van der Waals surface area contributed by atoms with Gasteiger partial charge >= 0.3 is 0 Å². The molecule has 1 aliphatic rings. The highest BCUT2D eigenvalue weighted by molar-refractivity contribution is 8.23. The highest BCUT2D eigenvalue weighted by Crippen LogP contribution is 2.28. The third-order valence-corrected chi connectivity index (χ3v) is 5.23. The minimum atomic E-state index is 0.535. The summed E-state index contributed by atoms with van der Waals surface area (Å²) in [5.74, 6) is 1.66. The Kier molecular flexibility index (Phi) is 4.63. The molecule has 0 spiro atoms. The van der Waals surface area contributed by atoms with Gasteiger partial charge in [-0.15, -0.1) is 9.24 Å². The lowest BCUT2D eigenvalue weighted by Crippen LogP contribution is -2.29. The molecule has 1 heterocycles. The number of thioether (sulfide) groups is 1. The van der Waals surface area contributed by atoms with Crippen molar-refractivity contribution in [2.45, 2.75) is 18.6 Å². The van der Waals surface area contributed by atoms with Gasteiger partial charge < -0.3 is 4.90 Å². The van der Waals surface area contributed by atoms with E-state index in [1.807, 2.05) is 0 Å². The zero-order valence-electron chi connectivity index (χ0n) is 9.13. The Labute approximate surface area is 109 Å². The summed E-state index contributed by atoms with van der Waals surface area (Å²) in [6, 6.07) is 10.6. The molecule has 0 bridgehead atoms. The predicted molar refractivity (Wildman–Crippen MR) is 80.0 cm³/mol. The molecule has 2 atom stereocenters. The van der Waals surface area contributed by atoms with Gasteiger partial charge in [-0.3, -0.25) is 0 Å².